The van der Waals surface area contributed by atoms with Crippen molar-refractivity contribution in [2.45, 2.75) is 13.0 Å². The van der Waals surface area contributed by atoms with Crippen LogP contribution in [-0.4, -0.2) is 36.4 Å². The van der Waals surface area contributed by atoms with E-state index in [1.165, 1.54) is 11.9 Å². The van der Waals surface area contributed by atoms with Crippen LogP contribution < -0.4 is 10.6 Å². The topological polar surface area (TPSA) is 101 Å². The highest BCUT2D eigenvalue weighted by molar-refractivity contribution is 5.83. The Morgan fingerprint density at radius 2 is 1.55 bits per heavy atom. The molecule has 0 unspecified atom stereocenters. The number of aromatic nitrogens is 5. The second-order valence-electron chi connectivity index (χ2n) is 7.62. The lowest BCUT2D eigenvalue weighted by Gasteiger charge is -2.09. The van der Waals surface area contributed by atoms with E-state index >= 15 is 0 Å². The number of anilines is 4. The Kier molecular flexibility index (Phi) is 5.90. The Hall–Kier alpha value is -4.30. The highest BCUT2D eigenvalue weighted by Gasteiger charge is 2.07. The van der Waals surface area contributed by atoms with Crippen LogP contribution in [0.4, 0.5) is 23.3 Å². The van der Waals surface area contributed by atoms with Gasteiger partial charge in [-0.15, -0.1) is 0 Å². The molecule has 0 bridgehead atoms. The molecule has 8 heteroatoms. The Bertz CT molecular complexity index is 1370. The van der Waals surface area contributed by atoms with E-state index in [1.807, 2.05) is 71.5 Å². The van der Waals surface area contributed by atoms with Crippen LogP contribution in [0.5, 0.6) is 0 Å². The Balaban J connectivity index is 1.31. The molecule has 33 heavy (non-hydrogen) atoms. The fourth-order valence-electron chi connectivity index (χ4n) is 3.66. The number of aliphatic hydroxyl groups excluding tert-OH is 1. The summed E-state index contributed by atoms with van der Waals surface area (Å²) >= 11 is 0. The summed E-state index contributed by atoms with van der Waals surface area (Å²) in [6.07, 6.45) is 3.93. The van der Waals surface area contributed by atoms with Gasteiger partial charge in [0.15, 0.2) is 0 Å². The number of benzene rings is 3. The molecule has 164 valence electrons. The van der Waals surface area contributed by atoms with E-state index in [4.69, 9.17) is 5.11 Å². The molecule has 0 atom stereocenters. The lowest BCUT2D eigenvalue weighted by Crippen LogP contribution is -2.03. The fraction of sp³-hybridized carbons (Fsp3) is 0.120. The molecule has 0 aliphatic rings. The molecule has 0 fully saturated rings. The van der Waals surface area contributed by atoms with Crippen molar-refractivity contribution in [3.8, 4) is 0 Å². The standard InChI is InChI=1S/C25H23N7O/c33-12-11-18-7-4-8-21(13-18)29-24-26-17-27-25(31-24)30-22-9-10-23-20(14-22)15-28-32(23)16-19-5-2-1-3-6-19/h1-10,13-15,17,33H,11-12,16H2,(H2,26,27,29,30,31). The van der Waals surface area contributed by atoms with Crippen molar-refractivity contribution >= 4 is 34.2 Å². The predicted molar refractivity (Wildman–Crippen MR) is 129 cm³/mol. The van der Waals surface area contributed by atoms with E-state index < -0.39 is 0 Å². The quantitative estimate of drug-likeness (QED) is 0.333. The second kappa shape index (κ2) is 9.46. The molecule has 0 saturated carbocycles. The van der Waals surface area contributed by atoms with E-state index in [1.54, 1.807) is 0 Å². The van der Waals surface area contributed by atoms with Gasteiger partial charge in [0.05, 0.1) is 18.3 Å². The minimum atomic E-state index is 0.110. The van der Waals surface area contributed by atoms with E-state index in [-0.39, 0.29) is 6.61 Å². The maximum absolute atomic E-state index is 9.14. The third-order valence-corrected chi connectivity index (χ3v) is 5.23. The molecule has 5 aromatic rings. The van der Waals surface area contributed by atoms with Crippen molar-refractivity contribution in [3.63, 3.8) is 0 Å². The van der Waals surface area contributed by atoms with Gasteiger partial charge >= 0.3 is 0 Å². The van der Waals surface area contributed by atoms with Crippen LogP contribution in [0.25, 0.3) is 10.9 Å². The first-order chi connectivity index (χ1) is 16.3. The van der Waals surface area contributed by atoms with Crippen LogP contribution in [0, 0.1) is 0 Å². The summed E-state index contributed by atoms with van der Waals surface area (Å²) < 4.78 is 1.99. The van der Waals surface area contributed by atoms with Gasteiger partial charge in [0.1, 0.15) is 6.33 Å². The lowest BCUT2D eigenvalue weighted by atomic mass is 10.1. The molecule has 2 heterocycles. The molecule has 3 N–H and O–H groups in total. The van der Waals surface area contributed by atoms with Gasteiger partial charge in [-0.3, -0.25) is 4.68 Å². The predicted octanol–water partition coefficient (Wildman–Crippen LogP) is 4.29. The normalized spacial score (nSPS) is 10.9. The van der Waals surface area contributed by atoms with Gasteiger partial charge in [0.25, 0.3) is 0 Å². The molecule has 2 aromatic heterocycles. The number of hydrogen-bond donors (Lipinski definition) is 3. The Labute approximate surface area is 191 Å². The zero-order chi connectivity index (χ0) is 22.5. The smallest absolute Gasteiger partial charge is 0.232 e. The zero-order valence-corrected chi connectivity index (χ0v) is 17.9. The van der Waals surface area contributed by atoms with E-state index in [0.717, 1.165) is 34.4 Å². The van der Waals surface area contributed by atoms with Crippen molar-refractivity contribution in [1.29, 1.82) is 0 Å². The largest absolute Gasteiger partial charge is 0.396 e. The van der Waals surface area contributed by atoms with E-state index in [2.05, 4.69) is 42.8 Å². The fourth-order valence-corrected chi connectivity index (χ4v) is 3.66. The van der Waals surface area contributed by atoms with Crippen LogP contribution in [0.15, 0.2) is 85.3 Å². The molecule has 0 spiro atoms. The Morgan fingerprint density at radius 3 is 2.33 bits per heavy atom. The summed E-state index contributed by atoms with van der Waals surface area (Å²) in [6.45, 7) is 0.831. The molecular formula is C25H23N7O. The van der Waals surface area contributed by atoms with Crippen molar-refractivity contribution in [2.24, 2.45) is 0 Å². The number of rotatable bonds is 8. The summed E-state index contributed by atoms with van der Waals surface area (Å²) in [6, 6.07) is 24.1. The van der Waals surface area contributed by atoms with Gasteiger partial charge in [-0.2, -0.15) is 10.1 Å². The Morgan fingerprint density at radius 1 is 0.788 bits per heavy atom. The molecule has 0 aliphatic carbocycles. The summed E-state index contributed by atoms with van der Waals surface area (Å²) in [5.41, 5.74) is 5.02. The van der Waals surface area contributed by atoms with Crippen molar-refractivity contribution in [3.05, 3.63) is 96.4 Å². The minimum absolute atomic E-state index is 0.110. The average Bonchev–Trinajstić information content (AvgIpc) is 3.22. The molecule has 3 aromatic carbocycles. The third kappa shape index (κ3) is 4.97. The van der Waals surface area contributed by atoms with Gasteiger partial charge in [-0.25, -0.2) is 9.97 Å². The first-order valence-electron chi connectivity index (χ1n) is 10.7. The third-order valence-electron chi connectivity index (χ3n) is 5.23. The number of hydrogen-bond acceptors (Lipinski definition) is 7. The molecule has 0 radical (unpaired) electrons. The van der Waals surface area contributed by atoms with E-state index in [9.17, 15) is 0 Å². The molecular weight excluding hydrogens is 414 g/mol. The van der Waals surface area contributed by atoms with Crippen LogP contribution in [0.2, 0.25) is 0 Å². The maximum atomic E-state index is 9.14. The molecule has 0 aliphatic heterocycles. The summed E-state index contributed by atoms with van der Waals surface area (Å²) in [5, 5.41) is 21.1. The summed E-state index contributed by atoms with van der Waals surface area (Å²) in [4.78, 5) is 12.9. The van der Waals surface area contributed by atoms with Gasteiger partial charge in [-0.1, -0.05) is 42.5 Å². The van der Waals surface area contributed by atoms with Gasteiger partial charge in [0, 0.05) is 23.4 Å². The minimum Gasteiger partial charge on any atom is -0.396 e. The van der Waals surface area contributed by atoms with Crippen LogP contribution in [0.3, 0.4) is 0 Å². The van der Waals surface area contributed by atoms with Crippen molar-refractivity contribution in [2.75, 3.05) is 17.2 Å². The number of aliphatic hydroxyl groups is 1. The number of nitrogens with zero attached hydrogens (tertiary/aromatic N) is 5. The zero-order valence-electron chi connectivity index (χ0n) is 17.9. The van der Waals surface area contributed by atoms with Crippen LogP contribution in [0.1, 0.15) is 11.1 Å². The van der Waals surface area contributed by atoms with E-state index in [0.29, 0.717) is 18.3 Å². The first kappa shape index (κ1) is 20.6. The molecule has 8 nitrogen and oxygen atoms in total. The van der Waals surface area contributed by atoms with Crippen LogP contribution in [-0.2, 0) is 13.0 Å². The number of fused-ring (bicyclic) bond motifs is 1. The van der Waals surface area contributed by atoms with Crippen molar-refractivity contribution < 1.29 is 5.11 Å². The lowest BCUT2D eigenvalue weighted by molar-refractivity contribution is 0.299. The summed E-state index contributed by atoms with van der Waals surface area (Å²) in [5.74, 6) is 0.875. The summed E-state index contributed by atoms with van der Waals surface area (Å²) in [7, 11) is 0. The first-order valence-corrected chi connectivity index (χ1v) is 10.7. The SMILES string of the molecule is OCCc1cccc(Nc2ncnc(Nc3ccc4c(cnn4Cc4ccccc4)c3)n2)c1. The van der Waals surface area contributed by atoms with Crippen molar-refractivity contribution in [1.82, 2.24) is 24.7 Å². The van der Waals surface area contributed by atoms with Gasteiger partial charge < -0.3 is 15.7 Å². The molecule has 0 amide bonds. The van der Waals surface area contributed by atoms with Crippen LogP contribution >= 0.6 is 0 Å². The highest BCUT2D eigenvalue weighted by Crippen LogP contribution is 2.22. The monoisotopic (exact) mass is 437 g/mol. The number of nitrogens with one attached hydrogen (secondary N) is 2. The second-order valence-corrected chi connectivity index (χ2v) is 7.62. The molecule has 0 saturated heterocycles. The average molecular weight is 438 g/mol. The maximum Gasteiger partial charge on any atom is 0.232 e. The highest BCUT2D eigenvalue weighted by atomic mass is 16.2. The van der Waals surface area contributed by atoms with Gasteiger partial charge in [-0.05, 0) is 47.9 Å². The van der Waals surface area contributed by atoms with Gasteiger partial charge in [0.2, 0.25) is 11.9 Å². The molecule has 5 rings (SSSR count).